The van der Waals surface area contributed by atoms with E-state index >= 15 is 0 Å². The van der Waals surface area contributed by atoms with Crippen LogP contribution in [0, 0.1) is 6.92 Å². The molecule has 0 fully saturated rings. The fourth-order valence-corrected chi connectivity index (χ4v) is 4.12. The topological polar surface area (TPSA) is 43.2 Å². The molecule has 138 valence electrons. The maximum atomic E-state index is 5.30. The second-order valence-electron chi connectivity index (χ2n) is 6.57. The molecule has 0 atom stereocenters. The Labute approximate surface area is 162 Å². The molecule has 0 N–H and O–H groups in total. The van der Waals surface area contributed by atoms with Crippen LogP contribution in [0.3, 0.4) is 0 Å². The predicted molar refractivity (Wildman–Crippen MR) is 110 cm³/mol. The van der Waals surface area contributed by atoms with Crippen molar-refractivity contribution in [2.45, 2.75) is 20.0 Å². The third-order valence-electron chi connectivity index (χ3n) is 4.47. The van der Waals surface area contributed by atoms with Crippen LogP contribution in [0.4, 0.5) is 0 Å². The van der Waals surface area contributed by atoms with Crippen molar-refractivity contribution in [3.63, 3.8) is 0 Å². The van der Waals surface area contributed by atoms with Gasteiger partial charge in [0.1, 0.15) is 11.6 Å². The lowest BCUT2D eigenvalue weighted by Crippen LogP contribution is -2.19. The Morgan fingerprint density at radius 1 is 1.07 bits per heavy atom. The molecule has 6 heteroatoms. The first kappa shape index (κ1) is 17.7. The number of aromatic nitrogens is 3. The molecule has 0 aliphatic carbocycles. The molecule has 27 heavy (non-hydrogen) atoms. The Morgan fingerprint density at radius 2 is 1.85 bits per heavy atom. The smallest absolute Gasteiger partial charge is 0.128 e. The van der Waals surface area contributed by atoms with E-state index in [2.05, 4.69) is 51.8 Å². The number of methoxy groups -OCH3 is 1. The molecule has 0 saturated carbocycles. The molecule has 2 heterocycles. The zero-order valence-electron chi connectivity index (χ0n) is 15.7. The number of para-hydroxylation sites is 2. The number of fused-ring (bicyclic) bond motifs is 1. The Hall–Kier alpha value is -2.70. The summed E-state index contributed by atoms with van der Waals surface area (Å²) >= 11 is 1.74. The van der Waals surface area contributed by atoms with Gasteiger partial charge in [-0.15, -0.1) is 11.3 Å². The summed E-state index contributed by atoms with van der Waals surface area (Å²) in [6, 6.07) is 16.4. The van der Waals surface area contributed by atoms with E-state index in [9.17, 15) is 0 Å². The Kier molecular flexibility index (Phi) is 4.92. The van der Waals surface area contributed by atoms with Crippen molar-refractivity contribution in [2.75, 3.05) is 14.2 Å². The van der Waals surface area contributed by atoms with Crippen molar-refractivity contribution in [3.8, 4) is 11.4 Å². The van der Waals surface area contributed by atoms with Crippen LogP contribution < -0.4 is 4.74 Å². The van der Waals surface area contributed by atoms with Crippen LogP contribution in [0.25, 0.3) is 16.7 Å². The largest absolute Gasteiger partial charge is 0.497 e. The van der Waals surface area contributed by atoms with Gasteiger partial charge in [-0.05, 0) is 50.4 Å². The highest BCUT2D eigenvalue weighted by molar-refractivity contribution is 7.11. The summed E-state index contributed by atoms with van der Waals surface area (Å²) < 4.78 is 7.52. The van der Waals surface area contributed by atoms with Crippen molar-refractivity contribution in [3.05, 3.63) is 70.4 Å². The van der Waals surface area contributed by atoms with E-state index in [0.717, 1.165) is 46.4 Å². The minimum absolute atomic E-state index is 0.748. The number of benzene rings is 2. The molecule has 2 aromatic carbocycles. The highest BCUT2D eigenvalue weighted by atomic mass is 32.1. The summed E-state index contributed by atoms with van der Waals surface area (Å²) in [5.74, 6) is 1.87. The molecule has 4 rings (SSSR count). The normalized spacial score (nSPS) is 11.4. The summed E-state index contributed by atoms with van der Waals surface area (Å²) in [6.45, 7) is 3.65. The van der Waals surface area contributed by atoms with Crippen molar-refractivity contribution < 1.29 is 4.74 Å². The summed E-state index contributed by atoms with van der Waals surface area (Å²) in [5, 5.41) is 1.10. The number of ether oxygens (including phenoxy) is 1. The summed E-state index contributed by atoms with van der Waals surface area (Å²) in [7, 11) is 3.80. The van der Waals surface area contributed by atoms with E-state index < -0.39 is 0 Å². The first-order chi connectivity index (χ1) is 13.1. The van der Waals surface area contributed by atoms with Gasteiger partial charge in [0.05, 0.1) is 29.7 Å². The van der Waals surface area contributed by atoms with Gasteiger partial charge in [-0.2, -0.15) is 0 Å². The van der Waals surface area contributed by atoms with E-state index in [1.54, 1.807) is 18.4 Å². The molecule has 0 unspecified atom stereocenters. The summed E-state index contributed by atoms with van der Waals surface area (Å²) in [5.41, 5.74) is 3.20. The summed E-state index contributed by atoms with van der Waals surface area (Å²) in [4.78, 5) is 12.8. The highest BCUT2D eigenvalue weighted by Crippen LogP contribution is 2.24. The molecule has 0 radical (unpaired) electrons. The fraction of sp³-hybridized carbons (Fsp3) is 0.238. The van der Waals surface area contributed by atoms with Gasteiger partial charge in [0.25, 0.3) is 0 Å². The molecule has 0 aliphatic heterocycles. The van der Waals surface area contributed by atoms with Crippen LogP contribution in [-0.4, -0.2) is 33.6 Å². The van der Waals surface area contributed by atoms with E-state index in [0.29, 0.717) is 0 Å². The minimum Gasteiger partial charge on any atom is -0.497 e. The molecule has 0 saturated heterocycles. The van der Waals surface area contributed by atoms with E-state index in [4.69, 9.17) is 9.72 Å². The molecule has 5 nitrogen and oxygen atoms in total. The predicted octanol–water partition coefficient (Wildman–Crippen LogP) is 4.43. The molecular formula is C21H22N4OS. The molecule has 0 aliphatic rings. The molecule has 0 bridgehead atoms. The average molecular weight is 379 g/mol. The third kappa shape index (κ3) is 3.72. The SMILES string of the molecule is COc1ccc(-n2c(CN(C)Cc3cnc(C)s3)nc3ccccc32)cc1. The van der Waals surface area contributed by atoms with Gasteiger partial charge >= 0.3 is 0 Å². The minimum atomic E-state index is 0.748. The second-order valence-corrected chi connectivity index (χ2v) is 7.89. The van der Waals surface area contributed by atoms with Gasteiger partial charge in [0.15, 0.2) is 0 Å². The Bertz CT molecular complexity index is 1050. The highest BCUT2D eigenvalue weighted by Gasteiger charge is 2.15. The zero-order valence-corrected chi connectivity index (χ0v) is 16.5. The molecule has 4 aromatic rings. The van der Waals surface area contributed by atoms with Crippen LogP contribution in [-0.2, 0) is 13.1 Å². The van der Waals surface area contributed by atoms with Crippen LogP contribution in [0.5, 0.6) is 5.75 Å². The quantitative estimate of drug-likeness (QED) is 0.498. The lowest BCUT2D eigenvalue weighted by Gasteiger charge is -2.17. The monoisotopic (exact) mass is 378 g/mol. The second kappa shape index (κ2) is 7.50. The van der Waals surface area contributed by atoms with Gasteiger partial charge in [-0.1, -0.05) is 12.1 Å². The van der Waals surface area contributed by atoms with E-state index in [1.807, 2.05) is 31.3 Å². The zero-order chi connectivity index (χ0) is 18.8. The van der Waals surface area contributed by atoms with Crippen molar-refractivity contribution in [1.82, 2.24) is 19.4 Å². The average Bonchev–Trinajstić information content (AvgIpc) is 3.24. The van der Waals surface area contributed by atoms with Crippen molar-refractivity contribution >= 4 is 22.4 Å². The molecular weight excluding hydrogens is 356 g/mol. The summed E-state index contributed by atoms with van der Waals surface area (Å²) in [6.07, 6.45) is 1.96. The van der Waals surface area contributed by atoms with Crippen LogP contribution in [0.1, 0.15) is 15.7 Å². The molecule has 0 amide bonds. The molecule has 2 aromatic heterocycles. The lowest BCUT2D eigenvalue weighted by molar-refractivity contribution is 0.312. The number of thiazole rings is 1. The standard InChI is InChI=1S/C21H22N4OS/c1-15-22-12-18(27-15)13-24(2)14-21-23-19-6-4-5-7-20(19)25(21)16-8-10-17(26-3)11-9-16/h4-12H,13-14H2,1-3H3. The van der Waals surface area contributed by atoms with Crippen LogP contribution >= 0.6 is 11.3 Å². The Morgan fingerprint density at radius 3 is 2.56 bits per heavy atom. The van der Waals surface area contributed by atoms with E-state index in [-0.39, 0.29) is 0 Å². The van der Waals surface area contributed by atoms with Crippen molar-refractivity contribution in [2.24, 2.45) is 0 Å². The first-order valence-electron chi connectivity index (χ1n) is 8.84. The Balaban J connectivity index is 1.68. The first-order valence-corrected chi connectivity index (χ1v) is 9.66. The number of hydrogen-bond acceptors (Lipinski definition) is 5. The van der Waals surface area contributed by atoms with Crippen molar-refractivity contribution in [1.29, 1.82) is 0 Å². The maximum Gasteiger partial charge on any atom is 0.128 e. The number of hydrogen-bond donors (Lipinski definition) is 0. The number of rotatable bonds is 6. The number of nitrogens with zero attached hydrogens (tertiary/aromatic N) is 4. The fourth-order valence-electron chi connectivity index (χ4n) is 3.24. The number of aryl methyl sites for hydroxylation is 1. The maximum absolute atomic E-state index is 5.30. The van der Waals surface area contributed by atoms with E-state index in [1.165, 1.54) is 4.88 Å². The van der Waals surface area contributed by atoms with Gasteiger partial charge in [-0.3, -0.25) is 9.47 Å². The van der Waals surface area contributed by atoms with Crippen LogP contribution in [0.2, 0.25) is 0 Å². The van der Waals surface area contributed by atoms with Gasteiger partial charge in [0.2, 0.25) is 0 Å². The molecule has 0 spiro atoms. The van der Waals surface area contributed by atoms with Gasteiger partial charge in [-0.25, -0.2) is 9.97 Å². The van der Waals surface area contributed by atoms with Gasteiger partial charge < -0.3 is 4.74 Å². The lowest BCUT2D eigenvalue weighted by atomic mass is 10.2. The van der Waals surface area contributed by atoms with Gasteiger partial charge in [0, 0.05) is 23.3 Å². The number of imidazole rings is 1. The third-order valence-corrected chi connectivity index (χ3v) is 5.36. The van der Waals surface area contributed by atoms with Crippen LogP contribution in [0.15, 0.2) is 54.7 Å².